The summed E-state index contributed by atoms with van der Waals surface area (Å²) >= 11 is 0. The van der Waals surface area contributed by atoms with Gasteiger partial charge in [-0.2, -0.15) is 13.2 Å². The van der Waals surface area contributed by atoms with Crippen LogP contribution in [0.3, 0.4) is 0 Å². The fourth-order valence-corrected chi connectivity index (χ4v) is 1.27. The summed E-state index contributed by atoms with van der Waals surface area (Å²) in [5, 5.41) is 0. The van der Waals surface area contributed by atoms with Crippen molar-refractivity contribution >= 4 is 12.4 Å². The zero-order chi connectivity index (χ0) is 10.3. The van der Waals surface area contributed by atoms with Gasteiger partial charge in [-0.25, -0.2) is 4.98 Å². The van der Waals surface area contributed by atoms with Gasteiger partial charge in [0.1, 0.15) is 12.3 Å². The number of nitrogens with zero attached hydrogens (tertiary/aromatic N) is 1. The number of hydrogen-bond donors (Lipinski definition) is 1. The van der Waals surface area contributed by atoms with Crippen LogP contribution in [0.25, 0.3) is 0 Å². The summed E-state index contributed by atoms with van der Waals surface area (Å²) in [6, 6.07) is 1.84. The second-order valence-corrected chi connectivity index (χ2v) is 3.01. The van der Waals surface area contributed by atoms with E-state index >= 15 is 0 Å². The van der Waals surface area contributed by atoms with Crippen molar-refractivity contribution in [3.63, 3.8) is 0 Å². The lowest BCUT2D eigenvalue weighted by Crippen LogP contribution is -2.11. The number of rotatable bonds is 0. The van der Waals surface area contributed by atoms with Crippen molar-refractivity contribution in [1.29, 1.82) is 0 Å². The van der Waals surface area contributed by atoms with Crippen LogP contribution in [0.2, 0.25) is 0 Å². The van der Waals surface area contributed by atoms with Gasteiger partial charge in [-0.3, -0.25) is 0 Å². The number of aromatic nitrogens is 1. The van der Waals surface area contributed by atoms with Gasteiger partial charge in [-0.1, -0.05) is 0 Å². The smallest absolute Gasteiger partial charge is 0.433 e. The number of pyridine rings is 1. The monoisotopic (exact) mass is 240 g/mol. The van der Waals surface area contributed by atoms with Crippen molar-refractivity contribution in [2.45, 2.75) is 12.2 Å². The molecule has 0 aliphatic carbocycles. The van der Waals surface area contributed by atoms with E-state index in [0.29, 0.717) is 5.56 Å². The Balaban J connectivity index is 0.00000112. The maximum absolute atomic E-state index is 12.2. The van der Waals surface area contributed by atoms with Gasteiger partial charge < -0.3 is 10.5 Å². The maximum atomic E-state index is 12.2. The predicted molar refractivity (Wildman–Crippen MR) is 48.9 cm³/mol. The third-order valence-electron chi connectivity index (χ3n) is 1.98. The van der Waals surface area contributed by atoms with Crippen molar-refractivity contribution in [3.8, 4) is 5.88 Å². The van der Waals surface area contributed by atoms with Crippen molar-refractivity contribution in [1.82, 2.24) is 4.98 Å². The molecule has 0 spiro atoms. The first kappa shape index (κ1) is 12.1. The van der Waals surface area contributed by atoms with Crippen LogP contribution in [0.15, 0.2) is 12.1 Å². The summed E-state index contributed by atoms with van der Waals surface area (Å²) in [7, 11) is 0. The molecular weight excluding hydrogens is 233 g/mol. The van der Waals surface area contributed by atoms with E-state index in [9.17, 15) is 13.2 Å². The summed E-state index contributed by atoms with van der Waals surface area (Å²) in [6.07, 6.45) is -4.44. The van der Waals surface area contributed by atoms with Gasteiger partial charge in [-0.05, 0) is 12.1 Å². The third kappa shape index (κ3) is 2.15. The van der Waals surface area contributed by atoms with E-state index < -0.39 is 11.9 Å². The molecule has 0 radical (unpaired) electrons. The van der Waals surface area contributed by atoms with Crippen LogP contribution in [0.5, 0.6) is 5.88 Å². The molecular formula is C8H8ClF3N2O. The van der Waals surface area contributed by atoms with Crippen LogP contribution in [0.1, 0.15) is 17.3 Å². The second-order valence-electron chi connectivity index (χ2n) is 3.01. The molecule has 2 heterocycles. The molecule has 0 saturated heterocycles. The highest BCUT2D eigenvalue weighted by Gasteiger charge is 2.34. The number of ether oxygens (including phenoxy) is 1. The van der Waals surface area contributed by atoms with Crippen LogP contribution in [0.4, 0.5) is 13.2 Å². The molecule has 15 heavy (non-hydrogen) atoms. The van der Waals surface area contributed by atoms with Crippen LogP contribution in [0, 0.1) is 0 Å². The van der Waals surface area contributed by atoms with Gasteiger partial charge in [0.15, 0.2) is 0 Å². The summed E-state index contributed by atoms with van der Waals surface area (Å²) in [5.74, 6) is -0.00711. The molecule has 0 saturated carbocycles. The van der Waals surface area contributed by atoms with Crippen LogP contribution >= 0.6 is 12.4 Å². The maximum Gasteiger partial charge on any atom is 0.433 e. The van der Waals surface area contributed by atoms with E-state index in [1.165, 1.54) is 6.07 Å². The Morgan fingerprint density at radius 1 is 1.40 bits per heavy atom. The van der Waals surface area contributed by atoms with E-state index in [0.717, 1.165) is 6.07 Å². The first-order valence-electron chi connectivity index (χ1n) is 3.95. The minimum absolute atomic E-state index is 0. The largest absolute Gasteiger partial charge is 0.475 e. The Morgan fingerprint density at radius 3 is 2.67 bits per heavy atom. The SMILES string of the molecule is Cl.N[C@@H]1COc2nc(C(F)(F)F)ccc21. The van der Waals surface area contributed by atoms with E-state index in [4.69, 9.17) is 10.5 Å². The second kappa shape index (κ2) is 3.86. The van der Waals surface area contributed by atoms with Crippen molar-refractivity contribution in [3.05, 3.63) is 23.4 Å². The van der Waals surface area contributed by atoms with Crippen LogP contribution < -0.4 is 10.5 Å². The number of halogens is 4. The number of alkyl halides is 3. The number of hydrogen-bond acceptors (Lipinski definition) is 3. The van der Waals surface area contributed by atoms with Crippen LogP contribution in [-0.2, 0) is 6.18 Å². The van der Waals surface area contributed by atoms with Gasteiger partial charge in [0.2, 0.25) is 5.88 Å². The Morgan fingerprint density at radius 2 is 2.07 bits per heavy atom. The van der Waals surface area contributed by atoms with E-state index in [1.54, 1.807) is 0 Å². The fourth-order valence-electron chi connectivity index (χ4n) is 1.27. The highest BCUT2D eigenvalue weighted by molar-refractivity contribution is 5.85. The molecule has 0 bridgehead atoms. The summed E-state index contributed by atoms with van der Waals surface area (Å²) in [6.45, 7) is 0.184. The Kier molecular flexibility index (Phi) is 3.11. The molecule has 0 unspecified atom stereocenters. The highest BCUT2D eigenvalue weighted by atomic mass is 35.5. The quantitative estimate of drug-likeness (QED) is 0.754. The average molecular weight is 241 g/mol. The zero-order valence-corrected chi connectivity index (χ0v) is 8.23. The first-order chi connectivity index (χ1) is 6.48. The zero-order valence-electron chi connectivity index (χ0n) is 7.41. The van der Waals surface area contributed by atoms with Gasteiger partial charge in [0.05, 0.1) is 6.04 Å². The fraction of sp³-hybridized carbons (Fsp3) is 0.375. The minimum Gasteiger partial charge on any atom is -0.475 e. The van der Waals surface area contributed by atoms with E-state index in [-0.39, 0.29) is 30.9 Å². The lowest BCUT2D eigenvalue weighted by Gasteiger charge is -2.06. The molecule has 2 rings (SSSR count). The molecule has 84 valence electrons. The Labute approximate surface area is 89.8 Å². The van der Waals surface area contributed by atoms with Gasteiger partial charge >= 0.3 is 6.18 Å². The normalized spacial score (nSPS) is 19.1. The molecule has 1 aromatic heterocycles. The van der Waals surface area contributed by atoms with Crippen molar-refractivity contribution < 1.29 is 17.9 Å². The Hall–Kier alpha value is -1.01. The molecule has 0 fully saturated rings. The minimum atomic E-state index is -4.44. The van der Waals surface area contributed by atoms with Crippen molar-refractivity contribution in [2.24, 2.45) is 5.73 Å². The first-order valence-corrected chi connectivity index (χ1v) is 3.95. The molecule has 0 aromatic carbocycles. The topological polar surface area (TPSA) is 48.1 Å². The summed E-state index contributed by atoms with van der Waals surface area (Å²) < 4.78 is 41.5. The summed E-state index contributed by atoms with van der Waals surface area (Å²) in [5.41, 5.74) is 5.13. The third-order valence-corrected chi connectivity index (χ3v) is 1.98. The standard InChI is InChI=1S/C8H7F3N2O.ClH/c9-8(10,11)6-2-1-4-5(12)3-14-7(4)13-6;/h1-2,5H,3,12H2;1H/t5-;/m1./s1. The highest BCUT2D eigenvalue weighted by Crippen LogP contribution is 2.34. The predicted octanol–water partition coefficient (Wildman–Crippen LogP) is 1.91. The van der Waals surface area contributed by atoms with E-state index in [2.05, 4.69) is 4.98 Å². The van der Waals surface area contributed by atoms with Crippen LogP contribution in [-0.4, -0.2) is 11.6 Å². The molecule has 0 amide bonds. The molecule has 1 atom stereocenters. The van der Waals surface area contributed by atoms with Gasteiger partial charge in [0, 0.05) is 5.56 Å². The molecule has 1 aliphatic rings. The molecule has 1 aliphatic heterocycles. The molecule has 1 aromatic rings. The van der Waals surface area contributed by atoms with E-state index in [1.807, 2.05) is 0 Å². The van der Waals surface area contributed by atoms with Crippen molar-refractivity contribution in [2.75, 3.05) is 6.61 Å². The average Bonchev–Trinajstić information content (AvgIpc) is 2.46. The molecule has 7 heteroatoms. The number of fused-ring (bicyclic) bond motifs is 1. The molecule has 2 N–H and O–H groups in total. The lowest BCUT2D eigenvalue weighted by atomic mass is 10.1. The molecule has 3 nitrogen and oxygen atoms in total. The Bertz CT molecular complexity index is 369. The van der Waals surface area contributed by atoms with Gasteiger partial charge in [-0.15, -0.1) is 12.4 Å². The summed E-state index contributed by atoms with van der Waals surface area (Å²) in [4.78, 5) is 3.35. The lowest BCUT2D eigenvalue weighted by molar-refractivity contribution is -0.141. The van der Waals surface area contributed by atoms with Gasteiger partial charge in [0.25, 0.3) is 0 Å². The number of nitrogens with two attached hydrogens (primary N) is 1.